The van der Waals surface area contributed by atoms with Crippen molar-refractivity contribution in [1.29, 1.82) is 0 Å². The zero-order valence-electron chi connectivity index (χ0n) is 11.9. The molecule has 0 heteroatoms. The third-order valence-corrected chi connectivity index (χ3v) is 6.29. The van der Waals surface area contributed by atoms with E-state index >= 15 is 0 Å². The molecule has 2 unspecified atom stereocenters. The molecule has 17 heavy (non-hydrogen) atoms. The summed E-state index contributed by atoms with van der Waals surface area (Å²) in [6, 6.07) is 0. The molecule has 0 saturated heterocycles. The minimum absolute atomic E-state index is 0.561. The van der Waals surface area contributed by atoms with Crippen LogP contribution in [0.4, 0.5) is 0 Å². The van der Waals surface area contributed by atoms with Crippen molar-refractivity contribution >= 4 is 0 Å². The Morgan fingerprint density at radius 1 is 1.00 bits per heavy atom. The lowest BCUT2D eigenvalue weighted by Crippen LogP contribution is -2.45. The second kappa shape index (κ2) is 4.14. The summed E-state index contributed by atoms with van der Waals surface area (Å²) in [7, 11) is 0. The summed E-state index contributed by atoms with van der Waals surface area (Å²) in [4.78, 5) is 0. The van der Waals surface area contributed by atoms with Crippen molar-refractivity contribution in [3.63, 3.8) is 0 Å². The molecule has 4 rings (SSSR count). The lowest BCUT2D eigenvalue weighted by molar-refractivity contribution is 0.0865. The highest BCUT2D eigenvalue weighted by Gasteiger charge is 2.50. The van der Waals surface area contributed by atoms with Gasteiger partial charge in [-0.2, -0.15) is 0 Å². The Morgan fingerprint density at radius 3 is 2.18 bits per heavy atom. The van der Waals surface area contributed by atoms with Gasteiger partial charge in [0.25, 0.3) is 0 Å². The van der Waals surface area contributed by atoms with E-state index in [1.54, 1.807) is 0 Å². The van der Waals surface area contributed by atoms with Crippen molar-refractivity contribution in [3.8, 4) is 0 Å². The Labute approximate surface area is 107 Å². The summed E-state index contributed by atoms with van der Waals surface area (Å²) in [6.45, 7) is 7.41. The van der Waals surface area contributed by atoms with Gasteiger partial charge in [0.05, 0.1) is 0 Å². The largest absolute Gasteiger partial charge is 0.0702 e. The van der Waals surface area contributed by atoms with Crippen LogP contribution in [0.5, 0.6) is 0 Å². The van der Waals surface area contributed by atoms with Crippen LogP contribution >= 0.6 is 0 Å². The van der Waals surface area contributed by atoms with E-state index < -0.39 is 0 Å². The van der Waals surface area contributed by atoms with Gasteiger partial charge in [-0.15, -0.1) is 0 Å². The van der Waals surface area contributed by atoms with E-state index in [1.165, 1.54) is 51.4 Å². The minimum Gasteiger partial charge on any atom is -0.0702 e. The molecule has 0 spiro atoms. The van der Waals surface area contributed by atoms with Gasteiger partial charge in [0.1, 0.15) is 0 Å². The fourth-order valence-corrected chi connectivity index (χ4v) is 4.89. The predicted octanol–water partition coefficient (Wildman–Crippen LogP) is 5.34. The van der Waals surface area contributed by atoms with Gasteiger partial charge in [0.2, 0.25) is 0 Å². The maximum absolute atomic E-state index is 2.48. The van der Waals surface area contributed by atoms with E-state index in [4.69, 9.17) is 0 Å². The lowest BCUT2D eigenvalue weighted by atomic mass is 9.49. The van der Waals surface area contributed by atoms with E-state index in [9.17, 15) is 0 Å². The fourth-order valence-electron chi connectivity index (χ4n) is 4.89. The number of fused-ring (bicyclic) bond motifs is 2. The molecular weight excluding hydrogens is 204 g/mol. The van der Waals surface area contributed by atoms with Crippen LogP contribution < -0.4 is 0 Å². The van der Waals surface area contributed by atoms with Crippen LogP contribution in [-0.4, -0.2) is 0 Å². The van der Waals surface area contributed by atoms with Gasteiger partial charge in [-0.1, -0.05) is 50.7 Å². The van der Waals surface area contributed by atoms with Crippen LogP contribution in [0, 0.1) is 23.2 Å². The summed E-state index contributed by atoms with van der Waals surface area (Å²) in [6.07, 6.45) is 12.0. The molecule has 2 atom stereocenters. The average Bonchev–Trinajstić information content (AvgIpc) is 2.57. The zero-order chi connectivity index (χ0) is 12.0. The highest BCUT2D eigenvalue weighted by atomic mass is 14.5. The molecule has 2 bridgehead atoms. The number of hydrogen-bond acceptors (Lipinski definition) is 0. The number of allylic oxidation sites excluding steroid dienone is 2. The number of hydrogen-bond donors (Lipinski definition) is 0. The first-order valence-corrected chi connectivity index (χ1v) is 7.81. The van der Waals surface area contributed by atoms with E-state index in [1.807, 2.05) is 11.1 Å². The van der Waals surface area contributed by atoms with Crippen molar-refractivity contribution in [1.82, 2.24) is 0 Å². The van der Waals surface area contributed by atoms with Crippen molar-refractivity contribution in [2.45, 2.75) is 72.1 Å². The first-order chi connectivity index (χ1) is 8.10. The quantitative estimate of drug-likeness (QED) is 0.423. The Hall–Kier alpha value is -0.260. The maximum atomic E-state index is 2.48. The zero-order valence-corrected chi connectivity index (χ0v) is 11.9. The maximum Gasteiger partial charge on any atom is -0.0110 e. The molecule has 2 saturated carbocycles. The van der Waals surface area contributed by atoms with E-state index in [0.717, 1.165) is 17.8 Å². The van der Waals surface area contributed by atoms with Crippen LogP contribution in [0.25, 0.3) is 0 Å². The molecule has 0 aromatic rings. The summed E-state index contributed by atoms with van der Waals surface area (Å²) in [5, 5.41) is 0. The molecule has 0 aromatic carbocycles. The average molecular weight is 232 g/mol. The molecule has 0 aliphatic heterocycles. The Morgan fingerprint density at radius 2 is 1.65 bits per heavy atom. The summed E-state index contributed by atoms with van der Waals surface area (Å²) in [5.41, 5.74) is 4.21. The first-order valence-electron chi connectivity index (χ1n) is 7.81. The third-order valence-electron chi connectivity index (χ3n) is 6.29. The van der Waals surface area contributed by atoms with Gasteiger partial charge in [-0.05, 0) is 55.8 Å². The molecule has 2 fully saturated rings. The third kappa shape index (κ3) is 1.79. The highest BCUT2D eigenvalue weighted by molar-refractivity contribution is 5.35. The lowest BCUT2D eigenvalue weighted by Gasteiger charge is -2.56. The molecule has 0 aromatic heterocycles. The summed E-state index contributed by atoms with van der Waals surface area (Å²) in [5.74, 6) is 3.01. The summed E-state index contributed by atoms with van der Waals surface area (Å²) < 4.78 is 0. The van der Waals surface area contributed by atoms with Crippen molar-refractivity contribution < 1.29 is 0 Å². The summed E-state index contributed by atoms with van der Waals surface area (Å²) >= 11 is 0. The van der Waals surface area contributed by atoms with E-state index in [0.29, 0.717) is 5.41 Å². The Balaban J connectivity index is 1.79. The van der Waals surface area contributed by atoms with Gasteiger partial charge >= 0.3 is 0 Å². The second-order valence-corrected chi connectivity index (χ2v) is 7.38. The molecule has 4 aliphatic rings. The SMILES string of the molecule is CC1=C2CC(CC1C1CCCCCC1)C2(C)C. The highest BCUT2D eigenvalue weighted by Crippen LogP contribution is 2.61. The van der Waals surface area contributed by atoms with Crippen LogP contribution in [0.1, 0.15) is 72.1 Å². The van der Waals surface area contributed by atoms with E-state index in [2.05, 4.69) is 20.8 Å². The predicted molar refractivity (Wildman–Crippen MR) is 73.9 cm³/mol. The Bertz CT molecular complexity index is 326. The van der Waals surface area contributed by atoms with Gasteiger partial charge in [-0.25, -0.2) is 0 Å². The molecule has 0 amide bonds. The van der Waals surface area contributed by atoms with Gasteiger partial charge in [0, 0.05) is 0 Å². The normalized spacial score (nSPS) is 37.6. The van der Waals surface area contributed by atoms with Crippen LogP contribution in [0.3, 0.4) is 0 Å². The molecule has 4 aliphatic carbocycles. The molecule has 0 heterocycles. The molecular formula is C17H28. The van der Waals surface area contributed by atoms with E-state index in [-0.39, 0.29) is 0 Å². The van der Waals surface area contributed by atoms with Crippen LogP contribution in [0.15, 0.2) is 11.1 Å². The van der Waals surface area contributed by atoms with Gasteiger partial charge in [-0.3, -0.25) is 0 Å². The van der Waals surface area contributed by atoms with Crippen molar-refractivity contribution in [2.24, 2.45) is 23.2 Å². The van der Waals surface area contributed by atoms with Crippen LogP contribution in [-0.2, 0) is 0 Å². The second-order valence-electron chi connectivity index (χ2n) is 7.38. The molecule has 0 nitrogen and oxygen atoms in total. The van der Waals surface area contributed by atoms with Crippen LogP contribution in [0.2, 0.25) is 0 Å². The number of rotatable bonds is 1. The first kappa shape index (κ1) is 11.8. The van der Waals surface area contributed by atoms with Gasteiger partial charge < -0.3 is 0 Å². The fraction of sp³-hybridized carbons (Fsp3) is 0.882. The minimum atomic E-state index is 0.561. The monoisotopic (exact) mass is 232 g/mol. The van der Waals surface area contributed by atoms with Crippen molar-refractivity contribution in [2.75, 3.05) is 0 Å². The molecule has 96 valence electrons. The molecule has 0 N–H and O–H groups in total. The standard InChI is InChI=1S/C17H28/c1-12-15(13-8-6-4-5-7-9-13)10-14-11-16(12)17(14,2)3/h13-15H,4-11H2,1-3H3. The van der Waals surface area contributed by atoms with Gasteiger partial charge in [0.15, 0.2) is 0 Å². The Kier molecular flexibility index (Phi) is 2.88. The van der Waals surface area contributed by atoms with Crippen molar-refractivity contribution in [3.05, 3.63) is 11.1 Å². The topological polar surface area (TPSA) is 0 Å². The smallest absolute Gasteiger partial charge is 0.0110 e. The molecule has 0 radical (unpaired) electrons.